The fourth-order valence-corrected chi connectivity index (χ4v) is 1.79. The number of nitro benzene ring substituents is 1. The minimum Gasteiger partial charge on any atom is -0.349 e. The van der Waals surface area contributed by atoms with Crippen LogP contribution in [0.2, 0.25) is 0 Å². The van der Waals surface area contributed by atoms with Crippen molar-refractivity contribution in [1.29, 1.82) is 5.26 Å². The van der Waals surface area contributed by atoms with Crippen molar-refractivity contribution in [3.05, 3.63) is 58.1 Å². The van der Waals surface area contributed by atoms with Crippen LogP contribution >= 0.6 is 0 Å². The molecule has 0 amide bonds. The molecule has 0 radical (unpaired) electrons. The highest BCUT2D eigenvalue weighted by molar-refractivity contribution is 5.80. The second-order valence-corrected chi connectivity index (χ2v) is 3.89. The molecule has 7 nitrogen and oxygen atoms in total. The van der Waals surface area contributed by atoms with Crippen LogP contribution in [0.1, 0.15) is 5.56 Å². The van der Waals surface area contributed by atoms with Crippen molar-refractivity contribution in [3.63, 3.8) is 0 Å². The second kappa shape index (κ2) is 5.69. The molecule has 2 rings (SSSR count). The predicted octanol–water partition coefficient (Wildman–Crippen LogP) is 2.50. The summed E-state index contributed by atoms with van der Waals surface area (Å²) in [5.74, 6) is 5.27. The van der Waals surface area contributed by atoms with Gasteiger partial charge in [0.25, 0.3) is 0 Å². The number of hydrogen-bond acceptors (Lipinski definition) is 6. The number of rotatable bonds is 4. The largest absolute Gasteiger partial charge is 0.349 e. The molecule has 0 atom stereocenters. The standard InChI is InChI=1S/C13H11N5O2/c14-8-9-4-1-2-5-10(9)16-11-6-3-7-12(17-15)13(11)18(19)20/h1-7,16-17H,15H2. The third kappa shape index (κ3) is 2.50. The summed E-state index contributed by atoms with van der Waals surface area (Å²) in [6.45, 7) is 0. The Morgan fingerprint density at radius 2 is 1.75 bits per heavy atom. The van der Waals surface area contributed by atoms with Crippen LogP contribution in [-0.4, -0.2) is 4.92 Å². The number of nitrogens with zero attached hydrogens (tertiary/aromatic N) is 2. The molecule has 0 saturated carbocycles. The summed E-state index contributed by atoms with van der Waals surface area (Å²) in [5, 5.41) is 23.1. The number of nitrogens with two attached hydrogens (primary N) is 1. The van der Waals surface area contributed by atoms with E-state index in [0.717, 1.165) is 0 Å². The van der Waals surface area contributed by atoms with Gasteiger partial charge < -0.3 is 10.7 Å². The molecule has 0 saturated heterocycles. The van der Waals surface area contributed by atoms with Gasteiger partial charge in [0.05, 0.1) is 16.2 Å². The lowest BCUT2D eigenvalue weighted by Crippen LogP contribution is -2.10. The molecule has 4 N–H and O–H groups in total. The number of nitrogens with one attached hydrogen (secondary N) is 2. The maximum absolute atomic E-state index is 11.2. The third-order valence-electron chi connectivity index (χ3n) is 2.69. The monoisotopic (exact) mass is 269 g/mol. The highest BCUT2D eigenvalue weighted by Gasteiger charge is 2.19. The summed E-state index contributed by atoms with van der Waals surface area (Å²) in [5.41, 5.74) is 3.44. The SMILES string of the molecule is N#Cc1ccccc1Nc1cccc(NN)c1[N+](=O)[O-]. The maximum atomic E-state index is 11.2. The zero-order valence-corrected chi connectivity index (χ0v) is 10.3. The van der Waals surface area contributed by atoms with Gasteiger partial charge in [0.15, 0.2) is 0 Å². The van der Waals surface area contributed by atoms with E-state index in [1.165, 1.54) is 6.07 Å². The van der Waals surface area contributed by atoms with Crippen LogP contribution < -0.4 is 16.6 Å². The Balaban J connectivity index is 2.49. The van der Waals surface area contributed by atoms with Crippen molar-refractivity contribution in [1.82, 2.24) is 0 Å². The molecule has 0 aliphatic rings. The molecule has 0 aliphatic heterocycles. The van der Waals surface area contributed by atoms with E-state index in [-0.39, 0.29) is 17.1 Å². The fourth-order valence-electron chi connectivity index (χ4n) is 1.79. The first kappa shape index (κ1) is 13.3. The third-order valence-corrected chi connectivity index (χ3v) is 2.69. The number of nitrogen functional groups attached to an aromatic ring is 1. The quantitative estimate of drug-likeness (QED) is 0.446. The average Bonchev–Trinajstić information content (AvgIpc) is 2.47. The van der Waals surface area contributed by atoms with Crippen LogP contribution in [-0.2, 0) is 0 Å². The second-order valence-electron chi connectivity index (χ2n) is 3.89. The van der Waals surface area contributed by atoms with Gasteiger partial charge in [-0.3, -0.25) is 16.0 Å². The van der Waals surface area contributed by atoms with Gasteiger partial charge >= 0.3 is 5.69 Å². The maximum Gasteiger partial charge on any atom is 0.316 e. The normalized spacial score (nSPS) is 9.60. The van der Waals surface area contributed by atoms with E-state index in [4.69, 9.17) is 11.1 Å². The number of nitriles is 1. The Hall–Kier alpha value is -3.11. The zero-order valence-electron chi connectivity index (χ0n) is 10.3. The summed E-state index contributed by atoms with van der Waals surface area (Å²) in [7, 11) is 0. The smallest absolute Gasteiger partial charge is 0.316 e. The lowest BCUT2D eigenvalue weighted by Gasteiger charge is -2.10. The molecule has 2 aromatic carbocycles. The Labute approximate surface area is 114 Å². The molecular formula is C13H11N5O2. The lowest BCUT2D eigenvalue weighted by atomic mass is 10.1. The number of nitro groups is 1. The minimum atomic E-state index is -0.535. The molecular weight excluding hydrogens is 258 g/mol. The molecule has 0 fully saturated rings. The van der Waals surface area contributed by atoms with Crippen LogP contribution in [0.3, 0.4) is 0 Å². The van der Waals surface area contributed by atoms with Gasteiger partial charge in [-0.15, -0.1) is 0 Å². The van der Waals surface area contributed by atoms with Crippen molar-refractivity contribution in [3.8, 4) is 6.07 Å². The van der Waals surface area contributed by atoms with Gasteiger partial charge in [0.2, 0.25) is 0 Å². The first-order chi connectivity index (χ1) is 9.67. The zero-order chi connectivity index (χ0) is 14.5. The van der Waals surface area contributed by atoms with Crippen LogP contribution in [0, 0.1) is 21.4 Å². The van der Waals surface area contributed by atoms with Gasteiger partial charge in [-0.2, -0.15) is 5.26 Å². The average molecular weight is 269 g/mol. The molecule has 20 heavy (non-hydrogen) atoms. The van der Waals surface area contributed by atoms with Crippen molar-refractivity contribution < 1.29 is 4.92 Å². The summed E-state index contributed by atoms with van der Waals surface area (Å²) in [6, 6.07) is 13.4. The number of hydrazine groups is 1. The summed E-state index contributed by atoms with van der Waals surface area (Å²) < 4.78 is 0. The van der Waals surface area contributed by atoms with Crippen LogP contribution in [0.25, 0.3) is 0 Å². The summed E-state index contributed by atoms with van der Waals surface area (Å²) in [4.78, 5) is 10.6. The first-order valence-electron chi connectivity index (χ1n) is 5.67. The number of anilines is 3. The van der Waals surface area contributed by atoms with E-state index in [0.29, 0.717) is 11.3 Å². The molecule has 0 aliphatic carbocycles. The number of benzene rings is 2. The Kier molecular flexibility index (Phi) is 3.79. The van der Waals surface area contributed by atoms with Crippen molar-refractivity contribution >= 4 is 22.7 Å². The molecule has 0 aromatic heterocycles. The van der Waals surface area contributed by atoms with E-state index < -0.39 is 4.92 Å². The highest BCUT2D eigenvalue weighted by atomic mass is 16.6. The summed E-state index contributed by atoms with van der Waals surface area (Å²) in [6.07, 6.45) is 0. The van der Waals surface area contributed by atoms with E-state index >= 15 is 0 Å². The fraction of sp³-hybridized carbons (Fsp3) is 0. The molecule has 0 bridgehead atoms. The van der Waals surface area contributed by atoms with E-state index in [1.54, 1.807) is 36.4 Å². The van der Waals surface area contributed by atoms with Gasteiger partial charge in [0, 0.05) is 0 Å². The highest BCUT2D eigenvalue weighted by Crippen LogP contribution is 2.34. The van der Waals surface area contributed by atoms with Gasteiger partial charge in [0.1, 0.15) is 17.4 Å². The minimum absolute atomic E-state index is 0.178. The number of hydrogen-bond donors (Lipinski definition) is 3. The van der Waals surface area contributed by atoms with Crippen molar-refractivity contribution in [2.45, 2.75) is 0 Å². The first-order valence-corrected chi connectivity index (χ1v) is 5.67. The van der Waals surface area contributed by atoms with Gasteiger partial charge in [-0.1, -0.05) is 18.2 Å². The van der Waals surface area contributed by atoms with Crippen molar-refractivity contribution in [2.24, 2.45) is 5.84 Å². The van der Waals surface area contributed by atoms with Crippen LogP contribution in [0.5, 0.6) is 0 Å². The molecule has 0 heterocycles. The Morgan fingerprint density at radius 1 is 1.10 bits per heavy atom. The Bertz CT molecular complexity index is 693. The van der Waals surface area contributed by atoms with E-state index in [1.807, 2.05) is 6.07 Å². The Morgan fingerprint density at radius 3 is 2.40 bits per heavy atom. The molecule has 0 spiro atoms. The van der Waals surface area contributed by atoms with E-state index in [9.17, 15) is 10.1 Å². The van der Waals surface area contributed by atoms with Gasteiger partial charge in [-0.25, -0.2) is 0 Å². The summed E-state index contributed by atoms with van der Waals surface area (Å²) >= 11 is 0. The topological polar surface area (TPSA) is 117 Å². The lowest BCUT2D eigenvalue weighted by molar-refractivity contribution is -0.383. The molecule has 2 aromatic rings. The molecule has 7 heteroatoms. The van der Waals surface area contributed by atoms with E-state index in [2.05, 4.69) is 10.7 Å². The molecule has 0 unspecified atom stereocenters. The van der Waals surface area contributed by atoms with Crippen LogP contribution in [0.4, 0.5) is 22.7 Å². The molecule has 100 valence electrons. The van der Waals surface area contributed by atoms with Gasteiger partial charge in [-0.05, 0) is 24.3 Å². The number of para-hydroxylation sites is 2. The van der Waals surface area contributed by atoms with Crippen molar-refractivity contribution in [2.75, 3.05) is 10.7 Å². The van der Waals surface area contributed by atoms with Crippen LogP contribution in [0.15, 0.2) is 42.5 Å². The predicted molar refractivity (Wildman–Crippen MR) is 75.3 cm³/mol.